The first-order valence-electron chi connectivity index (χ1n) is 5.02. The Bertz CT molecular complexity index is 587. The smallest absolute Gasteiger partial charge is 0.416 e. The number of aromatic nitrogens is 1. The molecule has 2 rings (SSSR count). The summed E-state index contributed by atoms with van der Waals surface area (Å²) in [4.78, 5) is 14.4. The Labute approximate surface area is 100 Å². The third-order valence-electron chi connectivity index (χ3n) is 2.38. The van der Waals surface area contributed by atoms with Gasteiger partial charge in [0.1, 0.15) is 11.5 Å². The van der Waals surface area contributed by atoms with Gasteiger partial charge in [0.2, 0.25) is 5.89 Å². The van der Waals surface area contributed by atoms with Crippen molar-refractivity contribution >= 4 is 6.29 Å². The largest absolute Gasteiger partial charge is 0.441 e. The first-order chi connectivity index (χ1) is 8.41. The average Bonchev–Trinajstić information content (AvgIpc) is 2.70. The molecule has 0 aliphatic heterocycles. The third-order valence-corrected chi connectivity index (χ3v) is 2.38. The molecule has 1 aromatic heterocycles. The normalized spacial score (nSPS) is 11.6. The minimum Gasteiger partial charge on any atom is -0.441 e. The molecule has 0 saturated carbocycles. The minimum atomic E-state index is -4.43. The van der Waals surface area contributed by atoms with Crippen molar-refractivity contribution in [1.82, 2.24) is 4.98 Å². The van der Waals surface area contributed by atoms with E-state index in [-0.39, 0.29) is 22.9 Å². The number of aldehydes is 1. The standard InChI is InChI=1S/C12H8F3NO2/c1-7-10(6-17)16-11(18-7)8-3-2-4-9(5-8)12(13,14)15/h2-6H,1H3. The van der Waals surface area contributed by atoms with Gasteiger partial charge in [-0.25, -0.2) is 4.98 Å². The predicted octanol–water partition coefficient (Wildman–Crippen LogP) is 3.48. The molecule has 0 aliphatic carbocycles. The molecule has 0 aliphatic rings. The van der Waals surface area contributed by atoms with Gasteiger partial charge >= 0.3 is 6.18 Å². The van der Waals surface area contributed by atoms with Gasteiger partial charge in [0.15, 0.2) is 6.29 Å². The minimum absolute atomic E-state index is 0.000648. The summed E-state index contributed by atoms with van der Waals surface area (Å²) in [6.07, 6.45) is -3.93. The Morgan fingerprint density at radius 3 is 2.61 bits per heavy atom. The number of benzene rings is 1. The molecular formula is C12H8F3NO2. The van der Waals surface area contributed by atoms with E-state index in [0.717, 1.165) is 12.1 Å². The lowest BCUT2D eigenvalue weighted by Crippen LogP contribution is -2.04. The van der Waals surface area contributed by atoms with Gasteiger partial charge in [-0.3, -0.25) is 4.79 Å². The molecule has 0 spiro atoms. The van der Waals surface area contributed by atoms with Gasteiger partial charge in [0.25, 0.3) is 0 Å². The number of aryl methyl sites for hydroxylation is 1. The van der Waals surface area contributed by atoms with E-state index in [9.17, 15) is 18.0 Å². The molecule has 6 heteroatoms. The Hall–Kier alpha value is -2.11. The van der Waals surface area contributed by atoms with Gasteiger partial charge in [0, 0.05) is 5.56 Å². The lowest BCUT2D eigenvalue weighted by atomic mass is 10.1. The van der Waals surface area contributed by atoms with E-state index in [1.54, 1.807) is 0 Å². The molecule has 2 aromatic rings. The Morgan fingerprint density at radius 1 is 1.33 bits per heavy atom. The maximum absolute atomic E-state index is 12.5. The van der Waals surface area contributed by atoms with E-state index >= 15 is 0 Å². The fourth-order valence-electron chi connectivity index (χ4n) is 1.47. The number of alkyl halides is 3. The van der Waals surface area contributed by atoms with Crippen LogP contribution in [0.1, 0.15) is 21.8 Å². The van der Waals surface area contributed by atoms with Crippen LogP contribution in [0.3, 0.4) is 0 Å². The molecule has 0 unspecified atom stereocenters. The van der Waals surface area contributed by atoms with Crippen LogP contribution in [0, 0.1) is 6.92 Å². The molecule has 0 saturated heterocycles. The summed E-state index contributed by atoms with van der Waals surface area (Å²) in [6, 6.07) is 4.59. The van der Waals surface area contributed by atoms with Crippen molar-refractivity contribution in [3.8, 4) is 11.5 Å². The Morgan fingerprint density at radius 2 is 2.06 bits per heavy atom. The zero-order valence-corrected chi connectivity index (χ0v) is 9.28. The number of carbonyl (C=O) groups excluding carboxylic acids is 1. The quantitative estimate of drug-likeness (QED) is 0.771. The fourth-order valence-corrected chi connectivity index (χ4v) is 1.47. The molecule has 94 valence electrons. The molecule has 0 atom stereocenters. The van der Waals surface area contributed by atoms with Crippen molar-refractivity contribution in [2.45, 2.75) is 13.1 Å². The van der Waals surface area contributed by atoms with E-state index in [2.05, 4.69) is 4.98 Å². The van der Waals surface area contributed by atoms with Crippen LogP contribution < -0.4 is 0 Å². The van der Waals surface area contributed by atoms with Crippen LogP contribution in [0.2, 0.25) is 0 Å². The van der Waals surface area contributed by atoms with E-state index in [1.807, 2.05) is 0 Å². The van der Waals surface area contributed by atoms with Crippen LogP contribution in [-0.4, -0.2) is 11.3 Å². The van der Waals surface area contributed by atoms with Crippen molar-refractivity contribution in [3.63, 3.8) is 0 Å². The first kappa shape index (κ1) is 12.3. The summed E-state index contributed by atoms with van der Waals surface area (Å²) in [5.74, 6) is 0.276. The molecule has 3 nitrogen and oxygen atoms in total. The van der Waals surface area contributed by atoms with E-state index < -0.39 is 11.7 Å². The topological polar surface area (TPSA) is 43.1 Å². The van der Waals surface area contributed by atoms with Crippen molar-refractivity contribution < 1.29 is 22.4 Å². The molecule has 0 N–H and O–H groups in total. The fraction of sp³-hybridized carbons (Fsp3) is 0.167. The Balaban J connectivity index is 2.47. The van der Waals surface area contributed by atoms with E-state index in [1.165, 1.54) is 19.1 Å². The second kappa shape index (κ2) is 4.29. The highest BCUT2D eigenvalue weighted by Crippen LogP contribution is 2.32. The van der Waals surface area contributed by atoms with Crippen molar-refractivity contribution in [1.29, 1.82) is 0 Å². The second-order valence-corrected chi connectivity index (χ2v) is 3.66. The van der Waals surface area contributed by atoms with E-state index in [4.69, 9.17) is 4.42 Å². The van der Waals surface area contributed by atoms with Gasteiger partial charge in [-0.2, -0.15) is 13.2 Å². The van der Waals surface area contributed by atoms with Gasteiger partial charge in [-0.05, 0) is 25.1 Å². The second-order valence-electron chi connectivity index (χ2n) is 3.66. The molecule has 1 aromatic carbocycles. The van der Waals surface area contributed by atoms with Crippen molar-refractivity contribution in [2.24, 2.45) is 0 Å². The average molecular weight is 255 g/mol. The van der Waals surface area contributed by atoms with Gasteiger partial charge in [0.05, 0.1) is 5.56 Å². The lowest BCUT2D eigenvalue weighted by molar-refractivity contribution is -0.137. The third kappa shape index (κ3) is 2.27. The molecule has 0 radical (unpaired) electrons. The Kier molecular flexibility index (Phi) is 2.94. The predicted molar refractivity (Wildman–Crippen MR) is 57.1 cm³/mol. The molecule has 0 amide bonds. The molecule has 18 heavy (non-hydrogen) atoms. The van der Waals surface area contributed by atoms with Crippen LogP contribution >= 0.6 is 0 Å². The van der Waals surface area contributed by atoms with E-state index in [0.29, 0.717) is 6.29 Å². The maximum Gasteiger partial charge on any atom is 0.416 e. The highest BCUT2D eigenvalue weighted by Gasteiger charge is 2.30. The van der Waals surface area contributed by atoms with Crippen LogP contribution in [0.15, 0.2) is 28.7 Å². The monoisotopic (exact) mass is 255 g/mol. The summed E-state index contributed by atoms with van der Waals surface area (Å²) in [7, 11) is 0. The van der Waals surface area contributed by atoms with Crippen LogP contribution in [0.25, 0.3) is 11.5 Å². The molecule has 0 bridgehead atoms. The highest BCUT2D eigenvalue weighted by atomic mass is 19.4. The van der Waals surface area contributed by atoms with Gasteiger partial charge < -0.3 is 4.42 Å². The molecule has 1 heterocycles. The lowest BCUT2D eigenvalue weighted by Gasteiger charge is -2.06. The summed E-state index contributed by atoms with van der Waals surface area (Å²) in [6.45, 7) is 1.52. The van der Waals surface area contributed by atoms with Crippen molar-refractivity contribution in [2.75, 3.05) is 0 Å². The van der Waals surface area contributed by atoms with Gasteiger partial charge in [-0.15, -0.1) is 0 Å². The summed E-state index contributed by atoms with van der Waals surface area (Å²) in [5.41, 5.74) is -0.521. The molecular weight excluding hydrogens is 247 g/mol. The number of oxazole rings is 1. The summed E-state index contributed by atoms with van der Waals surface area (Å²) in [5, 5.41) is 0. The number of nitrogens with zero attached hydrogens (tertiary/aromatic N) is 1. The SMILES string of the molecule is Cc1oc(-c2cccc(C(F)(F)F)c2)nc1C=O. The zero-order valence-electron chi connectivity index (χ0n) is 9.28. The number of rotatable bonds is 2. The highest BCUT2D eigenvalue weighted by molar-refractivity contribution is 5.74. The number of hydrogen-bond donors (Lipinski definition) is 0. The first-order valence-corrected chi connectivity index (χ1v) is 5.02. The summed E-state index contributed by atoms with van der Waals surface area (Å²) >= 11 is 0. The number of hydrogen-bond acceptors (Lipinski definition) is 3. The number of halogens is 3. The number of carbonyl (C=O) groups is 1. The van der Waals surface area contributed by atoms with Gasteiger partial charge in [-0.1, -0.05) is 6.07 Å². The van der Waals surface area contributed by atoms with Crippen LogP contribution in [0.4, 0.5) is 13.2 Å². The summed E-state index contributed by atoms with van der Waals surface area (Å²) < 4.78 is 42.7. The molecule has 0 fully saturated rings. The zero-order chi connectivity index (χ0) is 13.3. The van der Waals surface area contributed by atoms with Crippen molar-refractivity contribution in [3.05, 3.63) is 41.3 Å². The van der Waals surface area contributed by atoms with Crippen LogP contribution in [0.5, 0.6) is 0 Å². The van der Waals surface area contributed by atoms with Crippen LogP contribution in [-0.2, 0) is 6.18 Å². The maximum atomic E-state index is 12.5.